The quantitative estimate of drug-likeness (QED) is 0.843. The van der Waals surface area contributed by atoms with E-state index in [1.54, 1.807) is 19.2 Å². The number of nitrogens with two attached hydrogens (primary N) is 1. The topological polar surface area (TPSA) is 55.5 Å². The molecule has 0 aliphatic rings. The van der Waals surface area contributed by atoms with Crippen LogP contribution >= 0.6 is 12.4 Å². The molecule has 1 rings (SSSR count). The zero-order chi connectivity index (χ0) is 11.6. The molecule has 3 nitrogen and oxygen atoms in total. The fourth-order valence-corrected chi connectivity index (χ4v) is 1.42. The van der Waals surface area contributed by atoms with Crippen molar-refractivity contribution in [3.05, 3.63) is 23.8 Å². The van der Waals surface area contributed by atoms with Crippen molar-refractivity contribution in [3.63, 3.8) is 0 Å². The van der Waals surface area contributed by atoms with Crippen LogP contribution in [-0.2, 0) is 0 Å². The zero-order valence-corrected chi connectivity index (χ0v) is 11.0. The maximum atomic E-state index is 9.33. The summed E-state index contributed by atoms with van der Waals surface area (Å²) in [6.07, 6.45) is 0. The summed E-state index contributed by atoms with van der Waals surface area (Å²) in [6.45, 7) is 6.22. The molecule has 0 aromatic heterocycles. The van der Waals surface area contributed by atoms with Crippen LogP contribution in [0, 0.1) is 5.41 Å². The Kier molecular flexibility index (Phi) is 5.10. The van der Waals surface area contributed by atoms with Crippen LogP contribution in [0.4, 0.5) is 0 Å². The molecule has 92 valence electrons. The largest absolute Gasteiger partial charge is 0.508 e. The van der Waals surface area contributed by atoms with E-state index < -0.39 is 0 Å². The maximum Gasteiger partial charge on any atom is 0.127 e. The molecule has 0 amide bonds. The van der Waals surface area contributed by atoms with E-state index in [1.165, 1.54) is 0 Å². The normalized spacial score (nSPS) is 12.8. The molecule has 0 aliphatic heterocycles. The molecule has 0 saturated carbocycles. The molecule has 3 N–H and O–H groups in total. The molecule has 0 aliphatic carbocycles. The molecule has 4 heteroatoms. The van der Waals surface area contributed by atoms with Crippen LogP contribution in [0.5, 0.6) is 11.5 Å². The van der Waals surface area contributed by atoms with Crippen molar-refractivity contribution >= 4 is 12.4 Å². The van der Waals surface area contributed by atoms with Crippen LogP contribution < -0.4 is 10.5 Å². The van der Waals surface area contributed by atoms with Crippen LogP contribution in [0.15, 0.2) is 18.2 Å². The van der Waals surface area contributed by atoms with Gasteiger partial charge in [0.25, 0.3) is 0 Å². The van der Waals surface area contributed by atoms with Crippen LogP contribution in [0.3, 0.4) is 0 Å². The lowest BCUT2D eigenvalue weighted by atomic mass is 9.83. The van der Waals surface area contributed by atoms with Gasteiger partial charge in [0.05, 0.1) is 7.11 Å². The number of aromatic hydroxyl groups is 1. The summed E-state index contributed by atoms with van der Waals surface area (Å²) in [5.41, 5.74) is 7.02. The lowest BCUT2D eigenvalue weighted by Gasteiger charge is -2.28. The van der Waals surface area contributed by atoms with E-state index in [-0.39, 0.29) is 29.6 Å². The molecule has 16 heavy (non-hydrogen) atoms. The number of hydrogen-bond acceptors (Lipinski definition) is 3. The van der Waals surface area contributed by atoms with E-state index in [4.69, 9.17) is 10.5 Å². The van der Waals surface area contributed by atoms with Crippen molar-refractivity contribution in [1.29, 1.82) is 0 Å². The lowest BCUT2D eigenvalue weighted by molar-refractivity contribution is 0.313. The molecule has 1 aromatic carbocycles. The smallest absolute Gasteiger partial charge is 0.127 e. The third kappa shape index (κ3) is 3.29. The minimum Gasteiger partial charge on any atom is -0.508 e. The van der Waals surface area contributed by atoms with Crippen LogP contribution in [0.2, 0.25) is 0 Å². The Morgan fingerprint density at radius 3 is 2.31 bits per heavy atom. The summed E-state index contributed by atoms with van der Waals surface area (Å²) in [5.74, 6) is 0.828. The van der Waals surface area contributed by atoms with Crippen molar-refractivity contribution in [2.45, 2.75) is 26.8 Å². The third-order valence-corrected chi connectivity index (χ3v) is 2.49. The van der Waals surface area contributed by atoms with E-state index in [2.05, 4.69) is 20.8 Å². The van der Waals surface area contributed by atoms with E-state index >= 15 is 0 Å². The Hall–Kier alpha value is -0.930. The summed E-state index contributed by atoms with van der Waals surface area (Å²) in [4.78, 5) is 0. The van der Waals surface area contributed by atoms with E-state index in [1.807, 2.05) is 6.07 Å². The fraction of sp³-hybridized carbons (Fsp3) is 0.500. The average molecular weight is 246 g/mol. The highest BCUT2D eigenvalue weighted by atomic mass is 35.5. The monoisotopic (exact) mass is 245 g/mol. The molecule has 1 atom stereocenters. The number of halogens is 1. The first kappa shape index (κ1) is 15.1. The summed E-state index contributed by atoms with van der Waals surface area (Å²) in [5, 5.41) is 9.33. The van der Waals surface area contributed by atoms with Crippen LogP contribution in [0.1, 0.15) is 32.4 Å². The first-order valence-electron chi connectivity index (χ1n) is 4.98. The van der Waals surface area contributed by atoms with Gasteiger partial charge in [0, 0.05) is 17.7 Å². The summed E-state index contributed by atoms with van der Waals surface area (Å²) >= 11 is 0. The molecular weight excluding hydrogens is 226 g/mol. The SMILES string of the molecule is COc1cc(O)ccc1[C@@H](N)C(C)(C)C.Cl. The fourth-order valence-electron chi connectivity index (χ4n) is 1.42. The van der Waals surface area contributed by atoms with Gasteiger partial charge in [-0.25, -0.2) is 0 Å². The highest BCUT2D eigenvalue weighted by molar-refractivity contribution is 5.85. The van der Waals surface area contributed by atoms with Gasteiger partial charge < -0.3 is 15.6 Å². The summed E-state index contributed by atoms with van der Waals surface area (Å²) < 4.78 is 5.20. The number of phenolic OH excluding ortho intramolecular Hbond substituents is 1. The Morgan fingerprint density at radius 1 is 1.31 bits per heavy atom. The number of ether oxygens (including phenoxy) is 1. The van der Waals surface area contributed by atoms with Gasteiger partial charge in [0.1, 0.15) is 11.5 Å². The van der Waals surface area contributed by atoms with Gasteiger partial charge in [-0.2, -0.15) is 0 Å². The van der Waals surface area contributed by atoms with Crippen LogP contribution in [0.25, 0.3) is 0 Å². The Balaban J connectivity index is 0.00000225. The lowest BCUT2D eigenvalue weighted by Crippen LogP contribution is -2.26. The van der Waals surface area contributed by atoms with E-state index in [0.717, 1.165) is 5.56 Å². The van der Waals surface area contributed by atoms with Crippen molar-refractivity contribution in [3.8, 4) is 11.5 Å². The standard InChI is InChI=1S/C12H19NO2.ClH/c1-12(2,3)11(13)9-6-5-8(14)7-10(9)15-4;/h5-7,11,14H,13H2,1-4H3;1H/t11-;/m1./s1. The molecule has 0 heterocycles. The number of hydrogen-bond donors (Lipinski definition) is 2. The Labute approximate surface area is 103 Å². The minimum absolute atomic E-state index is 0. The molecule has 0 radical (unpaired) electrons. The molecule has 0 unspecified atom stereocenters. The average Bonchev–Trinajstić information content (AvgIpc) is 2.15. The highest BCUT2D eigenvalue weighted by Gasteiger charge is 2.25. The van der Waals surface area contributed by atoms with Gasteiger partial charge >= 0.3 is 0 Å². The van der Waals surface area contributed by atoms with Crippen LogP contribution in [-0.4, -0.2) is 12.2 Å². The van der Waals surface area contributed by atoms with Crippen molar-refractivity contribution < 1.29 is 9.84 Å². The van der Waals surface area contributed by atoms with Crippen molar-refractivity contribution in [2.75, 3.05) is 7.11 Å². The van der Waals surface area contributed by atoms with E-state index in [9.17, 15) is 5.11 Å². The van der Waals surface area contributed by atoms with Gasteiger partial charge in [0.15, 0.2) is 0 Å². The molecule has 0 saturated heterocycles. The maximum absolute atomic E-state index is 9.33. The molecular formula is C12H20ClNO2. The summed E-state index contributed by atoms with van der Waals surface area (Å²) in [6, 6.07) is 4.90. The molecule has 1 aromatic rings. The number of benzene rings is 1. The van der Waals surface area contributed by atoms with Gasteiger partial charge in [-0.1, -0.05) is 26.8 Å². The molecule has 0 spiro atoms. The Morgan fingerprint density at radius 2 is 1.88 bits per heavy atom. The molecule has 0 fully saturated rings. The first-order chi connectivity index (χ1) is 6.86. The van der Waals surface area contributed by atoms with E-state index in [0.29, 0.717) is 5.75 Å². The highest BCUT2D eigenvalue weighted by Crippen LogP contribution is 2.36. The predicted molar refractivity (Wildman–Crippen MR) is 68.3 cm³/mol. The summed E-state index contributed by atoms with van der Waals surface area (Å²) in [7, 11) is 1.58. The minimum atomic E-state index is -0.118. The Bertz CT molecular complexity index is 347. The third-order valence-electron chi connectivity index (χ3n) is 2.49. The van der Waals surface area contributed by atoms with Gasteiger partial charge in [0.2, 0.25) is 0 Å². The number of methoxy groups -OCH3 is 1. The molecule has 0 bridgehead atoms. The van der Waals surface area contributed by atoms with Gasteiger partial charge in [-0.3, -0.25) is 0 Å². The van der Waals surface area contributed by atoms with Crippen molar-refractivity contribution in [1.82, 2.24) is 0 Å². The van der Waals surface area contributed by atoms with Gasteiger partial charge in [-0.05, 0) is 11.5 Å². The first-order valence-corrected chi connectivity index (χ1v) is 4.98. The van der Waals surface area contributed by atoms with Gasteiger partial charge in [-0.15, -0.1) is 12.4 Å². The predicted octanol–water partition coefficient (Wildman–Crippen LogP) is 2.87. The second-order valence-corrected chi connectivity index (χ2v) is 4.77. The number of rotatable bonds is 2. The number of phenols is 1. The second-order valence-electron chi connectivity index (χ2n) is 4.77. The van der Waals surface area contributed by atoms with Crippen molar-refractivity contribution in [2.24, 2.45) is 11.1 Å². The second kappa shape index (κ2) is 5.41. The zero-order valence-electron chi connectivity index (χ0n) is 10.2.